The molecule has 0 unspecified atom stereocenters. The zero-order valence-electron chi connectivity index (χ0n) is 27.8. The molecule has 0 amide bonds. The number of allylic oxidation sites excluding steroid dienone is 1. The lowest BCUT2D eigenvalue weighted by Crippen LogP contribution is -2.67. The van der Waals surface area contributed by atoms with Crippen LogP contribution in [0.4, 0.5) is 0 Å². The van der Waals surface area contributed by atoms with Crippen molar-refractivity contribution in [2.75, 3.05) is 0 Å². The van der Waals surface area contributed by atoms with E-state index in [1.54, 1.807) is 30.3 Å². The van der Waals surface area contributed by atoms with Gasteiger partial charge in [0.25, 0.3) is 0 Å². The Balaban J connectivity index is 1.24. The van der Waals surface area contributed by atoms with Crippen molar-refractivity contribution in [2.24, 2.45) is 56.7 Å². The van der Waals surface area contributed by atoms with Gasteiger partial charge in [-0.25, -0.2) is 4.79 Å². The van der Waals surface area contributed by atoms with Crippen LogP contribution in [-0.4, -0.2) is 28.3 Å². The first kappa shape index (κ1) is 31.4. The van der Waals surface area contributed by atoms with Crippen LogP contribution in [0, 0.1) is 56.7 Å². The van der Waals surface area contributed by atoms with Crippen molar-refractivity contribution in [1.82, 2.24) is 0 Å². The van der Waals surface area contributed by atoms with Gasteiger partial charge in [0.2, 0.25) is 0 Å². The molecule has 0 saturated heterocycles. The van der Waals surface area contributed by atoms with Crippen molar-refractivity contribution in [3.8, 4) is 5.75 Å². The SMILES string of the molecule is C=C(C)[C@@H]1CC[C@]2(C(=O)O)CC[C@]3(C)[C@H](CC[C@@H]4[C@@]5(C)CC[C@H](OC(=O)/C=C\c6ccc(O)cc6)C(C)(C)[C@@H]5CC[C@]43C)[C@@H]12. The Bertz CT molecular complexity index is 1360. The molecule has 0 spiro atoms. The normalized spacial score (nSPS) is 44.1. The smallest absolute Gasteiger partial charge is 0.331 e. The van der Waals surface area contributed by atoms with Gasteiger partial charge in [-0.15, -0.1) is 0 Å². The van der Waals surface area contributed by atoms with Crippen LogP contribution in [-0.2, 0) is 14.3 Å². The van der Waals surface area contributed by atoms with Crippen LogP contribution in [0.3, 0.4) is 0 Å². The number of hydrogen-bond donors (Lipinski definition) is 2. The van der Waals surface area contributed by atoms with Gasteiger partial charge in [0.05, 0.1) is 5.41 Å². The van der Waals surface area contributed by atoms with Crippen molar-refractivity contribution >= 4 is 18.0 Å². The second-order valence-corrected chi connectivity index (χ2v) is 16.9. The summed E-state index contributed by atoms with van der Waals surface area (Å²) in [6.07, 6.45) is 13.2. The molecule has 0 aromatic heterocycles. The Hall–Kier alpha value is -2.56. The first-order valence-corrected chi connectivity index (χ1v) is 17.2. The van der Waals surface area contributed by atoms with E-state index in [2.05, 4.69) is 48.1 Å². The Morgan fingerprint density at radius 2 is 1.57 bits per heavy atom. The molecule has 5 aliphatic rings. The molecule has 5 saturated carbocycles. The molecule has 0 bridgehead atoms. The molecule has 6 rings (SSSR count). The molecule has 10 atom stereocenters. The Labute approximate surface area is 264 Å². The summed E-state index contributed by atoms with van der Waals surface area (Å²) in [4.78, 5) is 25.9. The van der Waals surface area contributed by atoms with Gasteiger partial charge in [0.15, 0.2) is 0 Å². The first-order chi connectivity index (χ1) is 20.6. The van der Waals surface area contributed by atoms with Crippen molar-refractivity contribution in [2.45, 2.75) is 112 Å². The quantitative estimate of drug-likeness (QED) is 0.200. The maximum absolute atomic E-state index is 13.0. The van der Waals surface area contributed by atoms with Gasteiger partial charge >= 0.3 is 11.9 Å². The van der Waals surface area contributed by atoms with Gasteiger partial charge in [-0.2, -0.15) is 0 Å². The van der Waals surface area contributed by atoms with Crippen molar-refractivity contribution in [1.29, 1.82) is 0 Å². The summed E-state index contributed by atoms with van der Waals surface area (Å²) in [5.74, 6) is 1.29. The number of aromatic hydroxyl groups is 1. The minimum atomic E-state index is -0.585. The summed E-state index contributed by atoms with van der Waals surface area (Å²) in [6.45, 7) is 18.8. The fourth-order valence-electron chi connectivity index (χ4n) is 12.6. The number of carboxylic acid groups (broad SMARTS) is 1. The average Bonchev–Trinajstić information content (AvgIpc) is 3.36. The van der Waals surface area contributed by atoms with Crippen LogP contribution in [0.15, 0.2) is 42.5 Å². The number of phenols is 1. The lowest BCUT2D eigenvalue weighted by Gasteiger charge is -2.72. The maximum Gasteiger partial charge on any atom is 0.331 e. The van der Waals surface area contributed by atoms with Crippen LogP contribution in [0.25, 0.3) is 6.08 Å². The number of hydrogen-bond acceptors (Lipinski definition) is 4. The van der Waals surface area contributed by atoms with E-state index in [1.807, 2.05) is 0 Å². The summed E-state index contributed by atoms with van der Waals surface area (Å²) in [5.41, 5.74) is 1.71. The summed E-state index contributed by atoms with van der Waals surface area (Å²) >= 11 is 0. The van der Waals surface area contributed by atoms with E-state index in [0.717, 1.165) is 69.8 Å². The van der Waals surface area contributed by atoms with Gasteiger partial charge < -0.3 is 14.9 Å². The molecular weight excluding hydrogens is 548 g/mol. The molecule has 0 heterocycles. The molecule has 0 aliphatic heterocycles. The summed E-state index contributed by atoms with van der Waals surface area (Å²) < 4.78 is 6.19. The Morgan fingerprint density at radius 3 is 2.23 bits per heavy atom. The average molecular weight is 603 g/mol. The zero-order chi connectivity index (χ0) is 31.9. The second kappa shape index (κ2) is 10.5. The van der Waals surface area contributed by atoms with Gasteiger partial charge in [-0.1, -0.05) is 58.9 Å². The number of phenolic OH excluding ortho intramolecular Hbond substituents is 1. The zero-order valence-corrected chi connectivity index (χ0v) is 27.8. The highest BCUT2D eigenvalue weighted by Crippen LogP contribution is 2.77. The maximum atomic E-state index is 13.0. The van der Waals surface area contributed by atoms with E-state index in [-0.39, 0.29) is 45.4 Å². The van der Waals surface area contributed by atoms with E-state index in [4.69, 9.17) is 4.74 Å². The monoisotopic (exact) mass is 602 g/mol. The van der Waals surface area contributed by atoms with Crippen molar-refractivity contribution < 1.29 is 24.5 Å². The van der Waals surface area contributed by atoms with Crippen molar-refractivity contribution in [3.63, 3.8) is 0 Å². The standard InChI is InChI=1S/C39H54O5/c1-24(2)27-16-21-39(34(42)43)23-22-37(6)28(33(27)39)13-14-30-36(5)19-18-31(35(3,4)29(36)17-20-38(30,37)7)44-32(41)15-10-25-8-11-26(40)12-9-25/h8-12,15,27-31,33,40H,1,13-14,16-23H2,2-7H3,(H,42,43)/b15-10-/t27-,28+,29-,30+,31-,33+,36-,37+,38+,39-/m0/s1. The van der Waals surface area contributed by atoms with Crippen LogP contribution >= 0.6 is 0 Å². The number of esters is 1. The number of carbonyl (C=O) groups is 2. The fourth-order valence-corrected chi connectivity index (χ4v) is 12.6. The number of rotatable bonds is 5. The molecule has 5 heteroatoms. The third-order valence-corrected chi connectivity index (χ3v) is 15.0. The van der Waals surface area contributed by atoms with Gasteiger partial charge in [0.1, 0.15) is 11.9 Å². The third kappa shape index (κ3) is 4.37. The molecule has 5 nitrogen and oxygen atoms in total. The highest BCUT2D eigenvalue weighted by Gasteiger charge is 2.72. The van der Waals surface area contributed by atoms with Crippen LogP contribution in [0.1, 0.15) is 111 Å². The summed E-state index contributed by atoms with van der Waals surface area (Å²) in [7, 11) is 0. The van der Waals surface area contributed by atoms with E-state index >= 15 is 0 Å². The molecule has 0 radical (unpaired) electrons. The molecular formula is C39H54O5. The number of fused-ring (bicyclic) bond motifs is 7. The van der Waals surface area contributed by atoms with Gasteiger partial charge in [0, 0.05) is 11.5 Å². The first-order valence-electron chi connectivity index (χ1n) is 17.2. The highest BCUT2D eigenvalue weighted by molar-refractivity contribution is 5.87. The number of carbonyl (C=O) groups excluding carboxylic acids is 1. The molecule has 5 fully saturated rings. The molecule has 1 aromatic rings. The lowest BCUT2D eigenvalue weighted by atomic mass is 9.32. The third-order valence-electron chi connectivity index (χ3n) is 15.0. The van der Waals surface area contributed by atoms with Gasteiger partial charge in [-0.05, 0) is 141 Å². The lowest BCUT2D eigenvalue weighted by molar-refractivity contribution is -0.250. The van der Waals surface area contributed by atoms with Crippen LogP contribution < -0.4 is 0 Å². The predicted molar refractivity (Wildman–Crippen MR) is 174 cm³/mol. The van der Waals surface area contributed by atoms with E-state index < -0.39 is 11.4 Å². The minimum Gasteiger partial charge on any atom is -0.508 e. The molecule has 2 N–H and O–H groups in total. The van der Waals surface area contributed by atoms with E-state index in [1.165, 1.54) is 11.6 Å². The van der Waals surface area contributed by atoms with E-state index in [0.29, 0.717) is 23.7 Å². The number of benzene rings is 1. The largest absolute Gasteiger partial charge is 0.508 e. The Kier molecular flexibility index (Phi) is 7.49. The number of aliphatic carboxylic acids is 1. The molecule has 240 valence electrons. The molecule has 1 aromatic carbocycles. The fraction of sp³-hybridized carbons (Fsp3) is 0.692. The van der Waals surface area contributed by atoms with E-state index in [9.17, 15) is 19.8 Å². The predicted octanol–water partition coefficient (Wildman–Crippen LogP) is 9.06. The highest BCUT2D eigenvalue weighted by atomic mass is 16.5. The molecule has 44 heavy (non-hydrogen) atoms. The summed E-state index contributed by atoms with van der Waals surface area (Å²) in [6, 6.07) is 6.79. The van der Waals surface area contributed by atoms with Crippen molar-refractivity contribution in [3.05, 3.63) is 48.1 Å². The summed E-state index contributed by atoms with van der Waals surface area (Å²) in [5, 5.41) is 20.2. The van der Waals surface area contributed by atoms with Crippen LogP contribution in [0.2, 0.25) is 0 Å². The molecule has 5 aliphatic carbocycles. The number of carboxylic acids is 1. The van der Waals surface area contributed by atoms with Gasteiger partial charge in [-0.3, -0.25) is 4.79 Å². The Morgan fingerprint density at radius 1 is 0.864 bits per heavy atom. The second-order valence-electron chi connectivity index (χ2n) is 16.9. The minimum absolute atomic E-state index is 0.109. The van der Waals surface area contributed by atoms with Crippen LogP contribution in [0.5, 0.6) is 5.75 Å². The topological polar surface area (TPSA) is 83.8 Å². The number of ether oxygens (including phenoxy) is 1.